The van der Waals surface area contributed by atoms with Crippen molar-refractivity contribution < 1.29 is 41.1 Å². The number of carboxylic acid groups (broad SMARTS) is 1. The Labute approximate surface area is 321 Å². The largest absolute Gasteiger partial charge is 0.478 e. The van der Waals surface area contributed by atoms with Crippen LogP contribution in [0.25, 0.3) is 21.8 Å². The Bertz CT molecular complexity index is 2460. The van der Waals surface area contributed by atoms with Crippen LogP contribution in [-0.4, -0.2) is 90.4 Å². The number of carbonyl (C=O) groups excluding carboxylic acids is 3. The molecule has 13 nitrogen and oxygen atoms in total. The lowest BCUT2D eigenvalue weighted by Gasteiger charge is -2.33. The molecule has 4 unspecified atom stereocenters. The molecule has 2 aliphatic heterocycles. The first kappa shape index (κ1) is 40.3. The van der Waals surface area contributed by atoms with Gasteiger partial charge in [0.2, 0.25) is 0 Å². The van der Waals surface area contributed by atoms with E-state index in [-0.39, 0.29) is 80.8 Å². The third-order valence-corrected chi connectivity index (χ3v) is 14.9. The number of amides is 1. The zero-order chi connectivity index (χ0) is 40.4. The van der Waals surface area contributed by atoms with Crippen LogP contribution < -0.4 is 11.1 Å². The van der Waals surface area contributed by atoms with Gasteiger partial charge in [-0.05, 0) is 84.0 Å². The van der Waals surface area contributed by atoms with Gasteiger partial charge in [-0.1, -0.05) is 41.5 Å². The SMILES string of the molecule is CC1CC(C)(C)c2c([nH]c3ccc(C(=O)NC4CCS(=O)(=O)C4)cc23)C1=O.CC1CC(C)(C)c2c([nH]c3ccc(C(=O)O)cc23)C1=O.NC1CCS(=O)(=O)C1. The number of carbonyl (C=O) groups is 4. The highest BCUT2D eigenvalue weighted by atomic mass is 32.2. The number of aromatic nitrogens is 2. The van der Waals surface area contributed by atoms with Crippen molar-refractivity contribution in [1.29, 1.82) is 0 Å². The predicted octanol–water partition coefficient (Wildman–Crippen LogP) is 5.08. The number of hydrogen-bond donors (Lipinski definition) is 5. The molecule has 2 aliphatic carbocycles. The maximum atomic E-state index is 12.6. The van der Waals surface area contributed by atoms with E-state index >= 15 is 0 Å². The second-order valence-electron chi connectivity index (χ2n) is 17.0. The molecule has 4 heterocycles. The Balaban J connectivity index is 0.000000160. The van der Waals surface area contributed by atoms with E-state index in [1.165, 1.54) is 0 Å². The van der Waals surface area contributed by atoms with Crippen LogP contribution in [0.3, 0.4) is 0 Å². The van der Waals surface area contributed by atoms with Crippen molar-refractivity contribution in [3.63, 3.8) is 0 Å². The molecule has 8 rings (SSSR count). The number of benzene rings is 2. The fourth-order valence-corrected chi connectivity index (χ4v) is 12.2. The van der Waals surface area contributed by atoms with Crippen molar-refractivity contribution in [3.05, 3.63) is 70.0 Å². The number of rotatable bonds is 3. The van der Waals surface area contributed by atoms with Gasteiger partial charge in [-0.2, -0.15) is 0 Å². The molecule has 2 saturated heterocycles. The van der Waals surface area contributed by atoms with Gasteiger partial charge in [-0.25, -0.2) is 21.6 Å². The Morgan fingerprint density at radius 2 is 1.20 bits per heavy atom. The van der Waals surface area contributed by atoms with Gasteiger partial charge in [0.25, 0.3) is 5.91 Å². The first-order valence-electron chi connectivity index (χ1n) is 18.6. The number of ketones is 2. The minimum Gasteiger partial charge on any atom is -0.478 e. The van der Waals surface area contributed by atoms with Crippen LogP contribution in [0.2, 0.25) is 0 Å². The summed E-state index contributed by atoms with van der Waals surface area (Å²) in [7, 11) is -5.77. The Morgan fingerprint density at radius 3 is 1.60 bits per heavy atom. The monoisotopic (exact) mass is 794 g/mol. The highest BCUT2D eigenvalue weighted by molar-refractivity contribution is 7.91. The number of carboxylic acids is 1. The topological polar surface area (TPSA) is 226 Å². The van der Waals surface area contributed by atoms with Crippen LogP contribution in [0, 0.1) is 11.8 Å². The average molecular weight is 795 g/mol. The van der Waals surface area contributed by atoms with Crippen molar-refractivity contribution >= 4 is 64.9 Å². The third kappa shape index (κ3) is 8.15. The molecule has 0 radical (unpaired) electrons. The number of H-pyrrole nitrogens is 2. The molecule has 4 aliphatic rings. The van der Waals surface area contributed by atoms with Gasteiger partial charge in [0, 0.05) is 51.3 Å². The molecule has 1 amide bonds. The molecule has 15 heteroatoms. The van der Waals surface area contributed by atoms with E-state index in [1.807, 2.05) is 26.0 Å². The Hall–Kier alpha value is -4.34. The number of fused-ring (bicyclic) bond motifs is 6. The number of aromatic carboxylic acids is 1. The number of sulfone groups is 2. The quantitative estimate of drug-likeness (QED) is 0.185. The number of nitrogens with one attached hydrogen (secondary N) is 3. The third-order valence-electron chi connectivity index (χ3n) is 11.3. The summed E-state index contributed by atoms with van der Waals surface area (Å²) >= 11 is 0. The molecule has 6 N–H and O–H groups in total. The molecule has 2 fully saturated rings. The summed E-state index contributed by atoms with van der Waals surface area (Å²) in [6.45, 7) is 12.4. The summed E-state index contributed by atoms with van der Waals surface area (Å²) < 4.78 is 44.3. The highest BCUT2D eigenvalue weighted by Gasteiger charge is 2.40. The van der Waals surface area contributed by atoms with Crippen LogP contribution in [0.4, 0.5) is 0 Å². The standard InChI is InChI=1S/C20H24N2O4S.C16H17NO3.C4H9NO2S/c1-11-9-20(2,3)16-14-8-12(4-5-15(14)22-17(16)18(11)23)19(24)21-13-6-7-27(25,26)10-13;1-8-7-16(2,3)12-10-6-9(15(19)20)4-5-11(10)17-13(12)14(8)18;5-4-1-2-8(6,7)3-4/h4-5,8,11,13,22H,6-7,9-10H2,1-3H3,(H,21,24);4-6,8,17H,7H2,1-3H3,(H,19,20);4H,1-3,5H2. The first-order chi connectivity index (χ1) is 25.5. The van der Waals surface area contributed by atoms with E-state index in [0.717, 1.165) is 45.8 Å². The molecular weight excluding hydrogens is 745 g/mol. The first-order valence-corrected chi connectivity index (χ1v) is 22.2. The summed E-state index contributed by atoms with van der Waals surface area (Å²) in [6.07, 6.45) is 2.64. The number of Topliss-reactive ketones (excluding diaryl/α,β-unsaturated/α-hetero) is 2. The Morgan fingerprint density at radius 1 is 0.745 bits per heavy atom. The molecule has 4 aromatic rings. The second kappa shape index (κ2) is 14.3. The lowest BCUT2D eigenvalue weighted by Crippen LogP contribution is -2.35. The fraction of sp³-hybridized carbons (Fsp3) is 0.500. The van der Waals surface area contributed by atoms with Crippen molar-refractivity contribution in [3.8, 4) is 0 Å². The average Bonchev–Trinajstić information content (AvgIpc) is 3.84. The number of aromatic amines is 2. The summed E-state index contributed by atoms with van der Waals surface area (Å²) in [6, 6.07) is 9.88. The maximum absolute atomic E-state index is 12.6. The van der Waals surface area contributed by atoms with Gasteiger partial charge in [-0.3, -0.25) is 14.4 Å². The van der Waals surface area contributed by atoms with Gasteiger partial charge in [-0.15, -0.1) is 0 Å². The van der Waals surface area contributed by atoms with E-state index in [2.05, 4.69) is 43.0 Å². The normalized spacial score (nSPS) is 25.6. The molecule has 4 atom stereocenters. The predicted molar refractivity (Wildman–Crippen MR) is 212 cm³/mol. The zero-order valence-electron chi connectivity index (χ0n) is 32.0. The summed E-state index contributed by atoms with van der Waals surface area (Å²) in [5.74, 6) is -0.442. The molecule has 0 bridgehead atoms. The van der Waals surface area contributed by atoms with Crippen LogP contribution in [-0.2, 0) is 30.5 Å². The van der Waals surface area contributed by atoms with Crippen LogP contribution >= 0.6 is 0 Å². The summed E-state index contributed by atoms with van der Waals surface area (Å²) in [5, 5.41) is 13.7. The molecule has 0 spiro atoms. The van der Waals surface area contributed by atoms with Gasteiger partial charge < -0.3 is 26.1 Å². The molecule has 55 heavy (non-hydrogen) atoms. The summed E-state index contributed by atoms with van der Waals surface area (Å²) in [5.41, 5.74) is 10.6. The van der Waals surface area contributed by atoms with E-state index in [1.54, 1.807) is 24.3 Å². The minimum absolute atomic E-state index is 0.0000411. The summed E-state index contributed by atoms with van der Waals surface area (Å²) in [4.78, 5) is 55.2. The van der Waals surface area contributed by atoms with Crippen molar-refractivity contribution in [2.45, 2.75) is 90.1 Å². The lowest BCUT2D eigenvalue weighted by molar-refractivity contribution is 0.0696. The van der Waals surface area contributed by atoms with Crippen LogP contribution in [0.1, 0.15) is 120 Å². The van der Waals surface area contributed by atoms with Crippen molar-refractivity contribution in [1.82, 2.24) is 15.3 Å². The number of nitrogens with two attached hydrogens (primary N) is 1. The smallest absolute Gasteiger partial charge is 0.335 e. The molecule has 0 saturated carbocycles. The zero-order valence-corrected chi connectivity index (χ0v) is 33.7. The van der Waals surface area contributed by atoms with Gasteiger partial charge in [0.1, 0.15) is 0 Å². The van der Waals surface area contributed by atoms with Crippen molar-refractivity contribution in [2.75, 3.05) is 23.0 Å². The van der Waals surface area contributed by atoms with E-state index < -0.39 is 25.6 Å². The van der Waals surface area contributed by atoms with Gasteiger partial charge in [0.15, 0.2) is 31.2 Å². The van der Waals surface area contributed by atoms with E-state index in [9.17, 15) is 36.0 Å². The molecule has 2 aromatic heterocycles. The van der Waals surface area contributed by atoms with Crippen LogP contribution in [0.5, 0.6) is 0 Å². The maximum Gasteiger partial charge on any atom is 0.335 e. The highest BCUT2D eigenvalue weighted by Crippen LogP contribution is 2.44. The lowest BCUT2D eigenvalue weighted by atomic mass is 9.70. The van der Waals surface area contributed by atoms with Crippen LogP contribution in [0.15, 0.2) is 36.4 Å². The molecule has 2 aromatic carbocycles. The number of hydrogen-bond acceptors (Lipinski definition) is 9. The minimum atomic E-state index is -3.05. The van der Waals surface area contributed by atoms with Gasteiger partial charge in [0.05, 0.1) is 40.0 Å². The van der Waals surface area contributed by atoms with E-state index in [4.69, 9.17) is 10.8 Å². The molecular formula is C40H50N4O9S2. The molecule has 296 valence electrons. The second-order valence-corrected chi connectivity index (χ2v) is 21.5. The fourth-order valence-electron chi connectivity index (χ4n) is 8.85. The Kier molecular flexibility index (Phi) is 10.5. The van der Waals surface area contributed by atoms with Crippen molar-refractivity contribution in [2.24, 2.45) is 17.6 Å². The van der Waals surface area contributed by atoms with E-state index in [0.29, 0.717) is 29.8 Å². The van der Waals surface area contributed by atoms with Gasteiger partial charge >= 0.3 is 5.97 Å².